The second-order valence-corrected chi connectivity index (χ2v) is 15.4. The van der Waals surface area contributed by atoms with Gasteiger partial charge in [-0.2, -0.15) is 0 Å². The molecule has 2 atom stereocenters. The number of allylic oxidation sites excluding steroid dienone is 9. The van der Waals surface area contributed by atoms with Gasteiger partial charge >= 0.3 is 0 Å². The minimum Gasteiger partial charge on any atom is -0.294 e. The molecule has 0 aliphatic heterocycles. The van der Waals surface area contributed by atoms with E-state index in [1.165, 1.54) is 53.5 Å². The predicted molar refractivity (Wildman–Crippen MR) is 173 cm³/mol. The maximum Gasteiger partial charge on any atom is 0.166 e. The maximum absolute atomic E-state index is 13.3. The highest BCUT2D eigenvalue weighted by molar-refractivity contribution is 6.01. The molecule has 2 unspecified atom stereocenters. The average Bonchev–Trinajstić information content (AvgIpc) is 3.66. The molecule has 0 saturated heterocycles. The molecule has 0 aromatic heterocycles. The molecule has 0 heterocycles. The van der Waals surface area contributed by atoms with Crippen molar-refractivity contribution in [3.05, 3.63) is 93.6 Å². The average molecular weight is 539 g/mol. The summed E-state index contributed by atoms with van der Waals surface area (Å²) in [6.45, 7) is 24.9. The largest absolute Gasteiger partial charge is 0.294 e. The molecular weight excluding hydrogens is 484 g/mol. The van der Waals surface area contributed by atoms with Crippen molar-refractivity contribution in [1.29, 1.82) is 0 Å². The third kappa shape index (κ3) is 6.89. The van der Waals surface area contributed by atoms with E-state index < -0.39 is 0 Å². The van der Waals surface area contributed by atoms with Crippen LogP contribution in [0.1, 0.15) is 123 Å². The summed E-state index contributed by atoms with van der Waals surface area (Å²) in [6.07, 6.45) is 19.6. The summed E-state index contributed by atoms with van der Waals surface area (Å²) >= 11 is 0. The highest BCUT2D eigenvalue weighted by Gasteiger charge is 2.42. The van der Waals surface area contributed by atoms with Crippen LogP contribution < -0.4 is 0 Å². The Morgan fingerprint density at radius 1 is 1.00 bits per heavy atom. The first-order valence-electron chi connectivity index (χ1n) is 15.7. The molecule has 0 bridgehead atoms. The number of benzene rings is 1. The van der Waals surface area contributed by atoms with Crippen molar-refractivity contribution in [3.63, 3.8) is 0 Å². The Hall–Kier alpha value is -2.41. The fourth-order valence-corrected chi connectivity index (χ4v) is 6.79. The minimum atomic E-state index is 0.177. The van der Waals surface area contributed by atoms with Crippen molar-refractivity contribution < 1.29 is 4.79 Å². The SMILES string of the molecule is C=C/C(=C\C=C(/C)Cc1cc2c(cc1C)C(C)(C)CCC2(C)C)C(=O)C1CC1CCC1=CC=C(C(C)(C)C)CC1. The van der Waals surface area contributed by atoms with Crippen LogP contribution >= 0.6 is 0 Å². The molecule has 0 amide bonds. The van der Waals surface area contributed by atoms with Gasteiger partial charge in [0.15, 0.2) is 5.78 Å². The number of ketones is 1. The molecule has 0 spiro atoms. The lowest BCUT2D eigenvalue weighted by Crippen LogP contribution is -2.34. The zero-order chi connectivity index (χ0) is 29.5. The van der Waals surface area contributed by atoms with Gasteiger partial charge in [-0.1, -0.05) is 114 Å². The van der Waals surface area contributed by atoms with Gasteiger partial charge in [-0.05, 0) is 110 Å². The third-order valence-corrected chi connectivity index (χ3v) is 10.1. The van der Waals surface area contributed by atoms with Crippen molar-refractivity contribution in [2.75, 3.05) is 0 Å². The summed E-state index contributed by atoms with van der Waals surface area (Å²) in [5.74, 6) is 0.988. The quantitative estimate of drug-likeness (QED) is 0.226. The lowest BCUT2D eigenvalue weighted by Gasteiger charge is -2.42. The number of hydrogen-bond donors (Lipinski definition) is 0. The molecule has 40 heavy (non-hydrogen) atoms. The Kier molecular flexibility index (Phi) is 8.75. The van der Waals surface area contributed by atoms with E-state index in [1.54, 1.807) is 17.2 Å². The van der Waals surface area contributed by atoms with Crippen LogP contribution in [0.4, 0.5) is 0 Å². The smallest absolute Gasteiger partial charge is 0.166 e. The molecule has 216 valence electrons. The van der Waals surface area contributed by atoms with Gasteiger partial charge in [-0.25, -0.2) is 0 Å². The van der Waals surface area contributed by atoms with Gasteiger partial charge in [0.1, 0.15) is 0 Å². The highest BCUT2D eigenvalue weighted by atomic mass is 16.1. The molecule has 0 N–H and O–H groups in total. The van der Waals surface area contributed by atoms with Gasteiger partial charge in [0, 0.05) is 11.5 Å². The van der Waals surface area contributed by atoms with E-state index in [1.807, 2.05) is 6.08 Å². The summed E-state index contributed by atoms with van der Waals surface area (Å²) in [6, 6.07) is 4.92. The van der Waals surface area contributed by atoms with Crippen LogP contribution in [0.25, 0.3) is 0 Å². The van der Waals surface area contributed by atoms with Crippen LogP contribution in [0.5, 0.6) is 0 Å². The molecule has 1 aromatic rings. The van der Waals surface area contributed by atoms with E-state index in [-0.39, 0.29) is 27.9 Å². The molecule has 1 heteroatoms. The van der Waals surface area contributed by atoms with Crippen molar-refractivity contribution in [1.82, 2.24) is 0 Å². The Bertz CT molecular complexity index is 1280. The second-order valence-electron chi connectivity index (χ2n) is 15.4. The van der Waals surface area contributed by atoms with Crippen molar-refractivity contribution in [3.8, 4) is 0 Å². The molecule has 1 fully saturated rings. The number of carbonyl (C=O) groups is 1. The van der Waals surface area contributed by atoms with Gasteiger partial charge in [0.05, 0.1) is 0 Å². The summed E-state index contributed by atoms with van der Waals surface area (Å²) in [7, 11) is 0. The number of hydrogen-bond acceptors (Lipinski definition) is 1. The number of aryl methyl sites for hydroxylation is 1. The molecule has 3 aliphatic carbocycles. The number of rotatable bonds is 9. The summed E-state index contributed by atoms with van der Waals surface area (Å²) in [5, 5.41) is 0. The normalized spacial score (nSPS) is 24.1. The van der Waals surface area contributed by atoms with Gasteiger partial charge in [0.2, 0.25) is 0 Å². The fourth-order valence-electron chi connectivity index (χ4n) is 6.79. The summed E-state index contributed by atoms with van der Waals surface area (Å²) in [5.41, 5.74) is 11.7. The van der Waals surface area contributed by atoms with E-state index >= 15 is 0 Å². The number of carbonyl (C=O) groups excluding carboxylic acids is 1. The monoisotopic (exact) mass is 538 g/mol. The zero-order valence-corrected chi connectivity index (χ0v) is 27.0. The Balaban J connectivity index is 1.38. The van der Waals surface area contributed by atoms with E-state index in [9.17, 15) is 4.79 Å². The first-order valence-corrected chi connectivity index (χ1v) is 15.7. The van der Waals surface area contributed by atoms with E-state index in [0.29, 0.717) is 5.92 Å². The lowest BCUT2D eigenvalue weighted by molar-refractivity contribution is -0.116. The van der Waals surface area contributed by atoms with Crippen LogP contribution in [0.15, 0.2) is 71.4 Å². The molecule has 0 radical (unpaired) electrons. The van der Waals surface area contributed by atoms with Crippen LogP contribution in [0, 0.1) is 24.2 Å². The van der Waals surface area contributed by atoms with E-state index in [0.717, 1.165) is 31.3 Å². The molecule has 1 saturated carbocycles. The van der Waals surface area contributed by atoms with Crippen molar-refractivity contribution in [2.24, 2.45) is 17.3 Å². The second kappa shape index (κ2) is 11.5. The predicted octanol–water partition coefficient (Wildman–Crippen LogP) is 10.6. The lowest BCUT2D eigenvalue weighted by atomic mass is 9.62. The van der Waals surface area contributed by atoms with Crippen LogP contribution in [-0.2, 0) is 22.0 Å². The van der Waals surface area contributed by atoms with E-state index in [2.05, 4.69) is 99.3 Å². The summed E-state index contributed by atoms with van der Waals surface area (Å²) in [4.78, 5) is 13.3. The Labute approximate surface area is 245 Å². The van der Waals surface area contributed by atoms with Crippen molar-refractivity contribution in [2.45, 2.75) is 125 Å². The van der Waals surface area contributed by atoms with Gasteiger partial charge in [0.25, 0.3) is 0 Å². The van der Waals surface area contributed by atoms with Gasteiger partial charge in [-0.3, -0.25) is 4.79 Å². The maximum atomic E-state index is 13.3. The zero-order valence-electron chi connectivity index (χ0n) is 27.0. The molecule has 4 rings (SSSR count). The molecule has 1 aromatic carbocycles. The van der Waals surface area contributed by atoms with Gasteiger partial charge in [-0.15, -0.1) is 0 Å². The molecule has 3 aliphatic rings. The van der Waals surface area contributed by atoms with Crippen LogP contribution in [0.3, 0.4) is 0 Å². The topological polar surface area (TPSA) is 17.1 Å². The Morgan fingerprint density at radius 3 is 2.23 bits per heavy atom. The molecule has 1 nitrogen and oxygen atoms in total. The van der Waals surface area contributed by atoms with E-state index in [4.69, 9.17) is 0 Å². The van der Waals surface area contributed by atoms with Crippen LogP contribution in [0.2, 0.25) is 0 Å². The first kappa shape index (κ1) is 30.5. The van der Waals surface area contributed by atoms with Gasteiger partial charge < -0.3 is 0 Å². The highest BCUT2D eigenvalue weighted by Crippen LogP contribution is 2.47. The van der Waals surface area contributed by atoms with Crippen molar-refractivity contribution >= 4 is 5.78 Å². The standard InChI is InChI=1S/C39H54O/c1-11-29(36(40)33-24-30(33)17-13-28-14-18-32(19-15-28)37(4,5)6)16-12-26(2)22-31-25-35-34(23-27(31)3)38(7,8)20-21-39(35,9)10/h11-12,14,16,18,23,25,30,33H,1,13,15,17,19-22,24H2,2-10H3/b26-12+,29-16+. The first-order chi connectivity index (χ1) is 18.6. The Morgan fingerprint density at radius 2 is 1.65 bits per heavy atom. The van der Waals surface area contributed by atoms with Crippen LogP contribution in [-0.4, -0.2) is 5.78 Å². The number of Topliss-reactive ketones (excluding diaryl/α,β-unsaturated/α-hetero) is 1. The number of fused-ring (bicyclic) bond motifs is 1. The summed E-state index contributed by atoms with van der Waals surface area (Å²) < 4.78 is 0. The third-order valence-electron chi connectivity index (χ3n) is 10.1. The minimum absolute atomic E-state index is 0.177. The molecular formula is C39H54O. The fraction of sp³-hybridized carbons (Fsp3) is 0.564.